The normalized spacial score (nSPS) is 25.4. The molecule has 18 atom stereocenters. The molecular formula is C94H121ClN12O26. The maximum Gasteiger partial charge on any atom is 0.408 e. The molecular weight excluding hydrogens is 1750 g/mol. The molecule has 22 N–H and O–H groups in total. The van der Waals surface area contributed by atoms with Crippen LogP contribution >= 0.6 is 11.6 Å². The molecule has 8 aliphatic heterocycles. The summed E-state index contributed by atoms with van der Waals surface area (Å²) in [7, 11) is 1.49. The number of primary amides is 1. The Kier molecular flexibility index (Phi) is 33.9. The number of hydrogen-bond donors (Lipinski definition) is 21. The van der Waals surface area contributed by atoms with Crippen LogP contribution in [0.15, 0.2) is 91.0 Å². The number of phenolic OH excluding ortho intramolecular Hbond substituents is 3. The number of likely N-dealkylation sites (N-methyl/N-ethyl adjacent to an activating group) is 1. The van der Waals surface area contributed by atoms with Crippen molar-refractivity contribution in [2.75, 3.05) is 32.1 Å². The summed E-state index contributed by atoms with van der Waals surface area (Å²) in [5, 5.41) is 137. The second-order valence-electron chi connectivity index (χ2n) is 35.3. The molecule has 8 aliphatic rings. The maximum atomic E-state index is 16.5. The first kappa shape index (κ1) is 100. The van der Waals surface area contributed by atoms with E-state index in [4.69, 9.17) is 50.5 Å². The van der Waals surface area contributed by atoms with Crippen molar-refractivity contribution in [2.24, 2.45) is 11.7 Å². The molecule has 10 amide bonds. The number of nitrogens with one attached hydrogen (secondary N) is 11. The number of benzene rings is 6. The number of aromatic hydroxyl groups is 3. The van der Waals surface area contributed by atoms with Gasteiger partial charge >= 0.3 is 18.1 Å². The minimum Gasteiger partial charge on any atom is -0.507 e. The Balaban J connectivity index is 0.931. The average Bonchev–Trinajstić information content (AvgIpc) is 1.42. The van der Waals surface area contributed by atoms with Crippen LogP contribution in [0.5, 0.6) is 46.0 Å². The molecule has 38 nitrogen and oxygen atoms in total. The first-order valence-electron chi connectivity index (χ1n) is 45.2. The number of anilines is 1. The number of ether oxygens (including phenoxy) is 7. The summed E-state index contributed by atoms with van der Waals surface area (Å²) in [5.74, 6) is -15.5. The Morgan fingerprint density at radius 3 is 1.98 bits per heavy atom. The smallest absolute Gasteiger partial charge is 0.408 e. The van der Waals surface area contributed by atoms with Crippen LogP contribution in [0.2, 0.25) is 5.02 Å². The summed E-state index contributed by atoms with van der Waals surface area (Å²) >= 11 is 7.21. The summed E-state index contributed by atoms with van der Waals surface area (Å²) in [6.07, 6.45) is -5.12. The molecule has 0 radical (unpaired) electrons. The number of aryl methyl sites for hydroxylation is 3. The average molecular weight is 1870 g/mol. The molecule has 0 unspecified atom stereocenters. The van der Waals surface area contributed by atoms with Crippen LogP contribution in [0.1, 0.15) is 218 Å². The fraction of sp³-hybridized carbons (Fsp3) is 0.511. The lowest BCUT2D eigenvalue weighted by atomic mass is 9.86. The van der Waals surface area contributed by atoms with Crippen LogP contribution < -0.4 is 78.4 Å². The summed E-state index contributed by atoms with van der Waals surface area (Å²) in [6, 6.07) is 5.11. The van der Waals surface area contributed by atoms with Crippen LogP contribution in [0.25, 0.3) is 11.1 Å². The first-order valence-corrected chi connectivity index (χ1v) is 45.6. The third kappa shape index (κ3) is 24.1. The van der Waals surface area contributed by atoms with E-state index in [1.54, 1.807) is 13.8 Å². The number of aliphatic carboxylic acids is 1. The van der Waals surface area contributed by atoms with Gasteiger partial charge in [0.05, 0.1) is 41.3 Å². The van der Waals surface area contributed by atoms with Crippen molar-refractivity contribution in [2.45, 2.75) is 273 Å². The van der Waals surface area contributed by atoms with Crippen molar-refractivity contribution >= 4 is 76.7 Å². The number of phenols is 3. The Bertz CT molecular complexity index is 5260. The lowest BCUT2D eigenvalue weighted by Gasteiger charge is -2.46. The third-order valence-corrected chi connectivity index (χ3v) is 25.1. The van der Waals surface area contributed by atoms with Gasteiger partial charge in [-0.3, -0.25) is 33.6 Å². The zero-order valence-electron chi connectivity index (χ0n) is 75.3. The van der Waals surface area contributed by atoms with Gasteiger partial charge in [-0.05, 0) is 191 Å². The van der Waals surface area contributed by atoms with E-state index < -0.39 is 237 Å². The lowest BCUT2D eigenvalue weighted by molar-refractivity contribution is -0.332. The molecule has 6 aromatic rings. The predicted molar refractivity (Wildman–Crippen MR) is 482 cm³/mol. The van der Waals surface area contributed by atoms with Gasteiger partial charge in [-0.1, -0.05) is 115 Å². The summed E-state index contributed by atoms with van der Waals surface area (Å²) < 4.78 is 44.9. The van der Waals surface area contributed by atoms with Crippen molar-refractivity contribution in [3.8, 4) is 57.1 Å². The van der Waals surface area contributed by atoms with Crippen molar-refractivity contribution < 1.29 is 127 Å². The monoisotopic (exact) mass is 1870 g/mol. The summed E-state index contributed by atoms with van der Waals surface area (Å²) in [5.41, 5.74) is 5.17. The number of halogens is 1. The van der Waals surface area contributed by atoms with Crippen molar-refractivity contribution in [3.05, 3.63) is 146 Å². The SMILES string of the molecule is CCCCCCc1ccc(NC(=O)NCCCCCCNCc2c(O)cc3c(c2O)-c2cc(ccc2O)[C@H]2NC(=O)[C@@H]4NC(=O)[C@H](CC(N)=O)NC(=O)[C@H](NC(=O)[C@@H](CC(C)C)NC)[C@H](O)c5ccc(c(C)c5)Oc5cc4cc(c5O[C@@H]4O[C@H](CO)[C@@H](O)[C@H](O)[C@H]4O[C@H]4C[C@]5(C)NC(=O)O[C@@H]5[C@H](C)O4)Oc4ccc(cc4Cl)[C@@H](O)[C@H](NC2=O)C(=O)N[C@@H]3C(=O)O)cc1CCCCCC. The minimum absolute atomic E-state index is 0.0397. The predicted octanol–water partition coefficient (Wildman–Crippen LogP) is 7.27. The number of carboxylic acids is 1. The zero-order chi connectivity index (χ0) is 96.0. The molecule has 39 heteroatoms. The summed E-state index contributed by atoms with van der Waals surface area (Å²) in [6.45, 7) is 12.2. The van der Waals surface area contributed by atoms with Crippen LogP contribution in [-0.4, -0.2) is 211 Å². The highest BCUT2D eigenvalue weighted by Crippen LogP contribution is 2.51. The number of unbranched alkanes of at least 4 members (excludes halogenated alkanes) is 9. The number of amides is 10. The Morgan fingerprint density at radius 1 is 0.669 bits per heavy atom. The van der Waals surface area contributed by atoms with Crippen LogP contribution in [0.3, 0.4) is 0 Å². The van der Waals surface area contributed by atoms with E-state index in [1.807, 2.05) is 19.9 Å². The number of carbonyl (C=O) groups excluding carboxylic acids is 9. The van der Waals surface area contributed by atoms with Gasteiger partial charge in [0.2, 0.25) is 53.4 Å². The number of aliphatic hydroxyl groups is 5. The van der Waals surface area contributed by atoms with Crippen molar-refractivity contribution in [1.29, 1.82) is 0 Å². The highest BCUT2D eigenvalue weighted by Gasteiger charge is 2.56. The number of nitrogens with two attached hydrogens (primary N) is 1. The number of alkyl carbamates (subject to hydrolysis) is 1. The number of carbonyl (C=O) groups is 10. The van der Waals surface area contributed by atoms with Gasteiger partial charge in [0.1, 0.15) is 89.5 Å². The molecule has 8 heterocycles. The number of rotatable bonds is 33. The third-order valence-electron chi connectivity index (χ3n) is 24.8. The molecule has 3 fully saturated rings. The van der Waals surface area contributed by atoms with Gasteiger partial charge in [-0.25, -0.2) is 14.4 Å². The fourth-order valence-electron chi connectivity index (χ4n) is 17.6. The van der Waals surface area contributed by atoms with Crippen molar-refractivity contribution in [1.82, 2.24) is 53.2 Å². The van der Waals surface area contributed by atoms with Gasteiger partial charge in [0.25, 0.3) is 0 Å². The van der Waals surface area contributed by atoms with E-state index >= 15 is 24.0 Å². The van der Waals surface area contributed by atoms with E-state index in [9.17, 15) is 69.9 Å². The van der Waals surface area contributed by atoms with Gasteiger partial charge in [-0.2, -0.15) is 0 Å². The summed E-state index contributed by atoms with van der Waals surface area (Å²) in [4.78, 5) is 146. The van der Waals surface area contributed by atoms with Gasteiger partial charge < -0.3 is 143 Å². The number of urea groups is 1. The first-order chi connectivity index (χ1) is 63.5. The Morgan fingerprint density at radius 2 is 1.32 bits per heavy atom. The minimum atomic E-state index is -2.36. The topological polar surface area (TPSA) is 576 Å². The molecule has 0 spiro atoms. The largest absolute Gasteiger partial charge is 0.507 e. The lowest BCUT2D eigenvalue weighted by Crippen LogP contribution is -2.63. The van der Waals surface area contributed by atoms with E-state index in [0.717, 1.165) is 106 Å². The molecule has 0 saturated carbocycles. The fourth-order valence-corrected chi connectivity index (χ4v) is 17.8. The number of hydrogen-bond acceptors (Lipinski definition) is 27. The number of aliphatic hydroxyl groups excluding tert-OH is 5. The molecule has 0 aromatic heterocycles. The van der Waals surface area contributed by atoms with Crippen LogP contribution in [0, 0.1) is 12.8 Å². The van der Waals surface area contributed by atoms with Gasteiger partial charge in [0, 0.05) is 41.9 Å². The highest BCUT2D eigenvalue weighted by molar-refractivity contribution is 6.32. The zero-order valence-corrected chi connectivity index (χ0v) is 76.1. The molecule has 14 rings (SSSR count). The second kappa shape index (κ2) is 44.9. The number of carboxylic acid groups (broad SMARTS) is 1. The van der Waals surface area contributed by atoms with E-state index in [0.29, 0.717) is 37.9 Å². The van der Waals surface area contributed by atoms with E-state index in [2.05, 4.69) is 84.5 Å². The van der Waals surface area contributed by atoms with Crippen LogP contribution in [0.4, 0.5) is 15.3 Å². The quantitative estimate of drug-likeness (QED) is 0.0180. The molecule has 0 aliphatic carbocycles. The second-order valence-corrected chi connectivity index (χ2v) is 35.7. The molecule has 720 valence electrons. The molecule has 3 saturated heterocycles. The molecule has 11 bridgehead atoms. The van der Waals surface area contributed by atoms with Gasteiger partial charge in [0.15, 0.2) is 36.0 Å². The van der Waals surface area contributed by atoms with E-state index in [1.165, 1.54) is 55.8 Å². The van der Waals surface area contributed by atoms with E-state index in [-0.39, 0.29) is 77.2 Å². The van der Waals surface area contributed by atoms with Crippen LogP contribution in [-0.2, 0) is 76.7 Å². The number of fused-ring (bicyclic) bond motifs is 16. The standard InChI is InChI=1S/C94H121ClN12O26/c1-9-11-13-17-21-48-23-27-54(35-49(48)22-18-14-12-10-2)100-92(125)99-32-20-16-15-19-31-98-43-57-62(110)40-56-70(78(57)114)55-36-50(24-28-61(55)109)71-86(119)106-75(89(122)104-73(56)90(123)124)77(113)52-26-30-64(58(95)37-52)129-66-39-53-38-65(81(66)132-91-82(80(116)79(115)67(44-108)130-91)131-69-42-94(7)83(47(6)127-69)133-93(126)107-94)128-63-29-25-51(34-46(63)5)76(112)74(105-84(117)59(97-8)33-45(3)4)88(121)101-60(41-68(96)111)85(118)102-72(53)87(120)103-71/h23-30,34-40,45,47,59-60,67,69,71-77,79-80,82-83,91,97-98,108-110,112-116H,9-22,31-33,41-44H2,1-8H3,(H2,96,111)(H,101,121)(H,102,118)(H,103,120)(H,104,122)(H,105,117)(H,106,119)(H,107,126)(H,123,124)(H2,99,100,125)/t47-,59+,60-,67+,69-,71+,72+,73-,74+,75-,76+,77+,79+,80-,82+,83+,91-,94-/m0/s1. The Hall–Kier alpha value is -11.7. The Labute approximate surface area is 773 Å². The maximum absolute atomic E-state index is 16.5. The highest BCUT2D eigenvalue weighted by atomic mass is 35.5. The van der Waals surface area contributed by atoms with Crippen molar-refractivity contribution in [3.63, 3.8) is 0 Å². The molecule has 6 aromatic carbocycles. The van der Waals surface area contributed by atoms with Gasteiger partial charge in [-0.15, -0.1) is 0 Å². The molecule has 133 heavy (non-hydrogen) atoms.